The maximum absolute atomic E-state index is 9.93. The number of aldehydes is 1. The summed E-state index contributed by atoms with van der Waals surface area (Å²) in [5.41, 5.74) is 0. The molecule has 0 spiro atoms. The molecule has 0 aromatic rings. The van der Waals surface area contributed by atoms with Crippen molar-refractivity contribution in [2.45, 2.75) is 6.42 Å². The standard InChI is InChI=1S/C3H7O4P.CH2O/c4-2-1-3-8(5,6)7;1-2/h2H,1,3H2,(H2,5,6,7);1H2. The maximum atomic E-state index is 9.93. The number of hydrogen-bond acceptors (Lipinski definition) is 3. The maximum Gasteiger partial charge on any atom is 0.325 e. The van der Waals surface area contributed by atoms with Gasteiger partial charge in [0.15, 0.2) is 0 Å². The first kappa shape index (κ1) is 12.2. The smallest absolute Gasteiger partial charge is 0.324 e. The lowest BCUT2D eigenvalue weighted by molar-refractivity contribution is -0.107. The van der Waals surface area contributed by atoms with Gasteiger partial charge in [0.1, 0.15) is 13.1 Å². The van der Waals surface area contributed by atoms with Crippen LogP contribution in [0.1, 0.15) is 6.42 Å². The molecule has 0 aromatic heterocycles. The van der Waals surface area contributed by atoms with Gasteiger partial charge in [-0.15, -0.1) is 0 Å². The fraction of sp³-hybridized carbons (Fsp3) is 0.500. The summed E-state index contributed by atoms with van der Waals surface area (Å²) in [4.78, 5) is 33.7. The minimum Gasteiger partial charge on any atom is -0.324 e. The molecular weight excluding hydrogens is 159 g/mol. The van der Waals surface area contributed by atoms with Gasteiger partial charge in [0.05, 0.1) is 6.16 Å². The lowest BCUT2D eigenvalue weighted by atomic mass is 10.6. The summed E-state index contributed by atoms with van der Waals surface area (Å²) in [6, 6.07) is 0. The second kappa shape index (κ2) is 6.61. The molecule has 60 valence electrons. The van der Waals surface area contributed by atoms with Crippen molar-refractivity contribution in [2.75, 3.05) is 6.16 Å². The van der Waals surface area contributed by atoms with Crippen molar-refractivity contribution in [2.24, 2.45) is 0 Å². The molecule has 0 aliphatic heterocycles. The fourth-order valence-electron chi connectivity index (χ4n) is 0.221. The van der Waals surface area contributed by atoms with Gasteiger partial charge in [-0.25, -0.2) is 0 Å². The summed E-state index contributed by atoms with van der Waals surface area (Å²) in [6.45, 7) is 2.00. The molecule has 0 unspecified atom stereocenters. The highest BCUT2D eigenvalue weighted by Gasteiger charge is 2.10. The van der Waals surface area contributed by atoms with E-state index in [0.29, 0.717) is 6.29 Å². The monoisotopic (exact) mass is 168 g/mol. The first-order valence-electron chi connectivity index (χ1n) is 2.33. The highest BCUT2D eigenvalue weighted by Crippen LogP contribution is 2.34. The van der Waals surface area contributed by atoms with Crippen LogP contribution in [0.15, 0.2) is 0 Å². The zero-order valence-corrected chi connectivity index (χ0v) is 6.16. The molecule has 10 heavy (non-hydrogen) atoms. The largest absolute Gasteiger partial charge is 0.325 e. The topological polar surface area (TPSA) is 91.7 Å². The summed E-state index contributed by atoms with van der Waals surface area (Å²) in [7, 11) is -3.91. The Hall–Kier alpha value is -0.510. The normalized spacial score (nSPS) is 9.40. The Morgan fingerprint density at radius 3 is 1.90 bits per heavy atom. The van der Waals surface area contributed by atoms with E-state index in [0.717, 1.165) is 0 Å². The van der Waals surface area contributed by atoms with Crippen molar-refractivity contribution >= 4 is 20.7 Å². The van der Waals surface area contributed by atoms with E-state index in [9.17, 15) is 9.36 Å². The molecule has 0 aliphatic rings. The first-order valence-corrected chi connectivity index (χ1v) is 4.13. The number of rotatable bonds is 3. The van der Waals surface area contributed by atoms with Crippen molar-refractivity contribution in [3.63, 3.8) is 0 Å². The fourth-order valence-corrected chi connectivity index (χ4v) is 0.663. The molecule has 0 fully saturated rings. The molecule has 0 bridgehead atoms. The third-order valence-corrected chi connectivity index (χ3v) is 1.38. The third-order valence-electron chi connectivity index (χ3n) is 0.538. The predicted octanol–water partition coefficient (Wildman–Crippen LogP) is -0.432. The van der Waals surface area contributed by atoms with Crippen molar-refractivity contribution in [3.05, 3.63) is 0 Å². The van der Waals surface area contributed by atoms with E-state index in [1.54, 1.807) is 0 Å². The van der Waals surface area contributed by atoms with E-state index in [1.165, 1.54) is 0 Å². The van der Waals surface area contributed by atoms with Crippen LogP contribution in [-0.2, 0) is 14.2 Å². The summed E-state index contributed by atoms with van der Waals surface area (Å²) in [5, 5.41) is 0. The molecule has 0 aliphatic carbocycles. The minimum atomic E-state index is -3.91. The summed E-state index contributed by atoms with van der Waals surface area (Å²) >= 11 is 0. The van der Waals surface area contributed by atoms with Crippen molar-refractivity contribution in [1.29, 1.82) is 0 Å². The van der Waals surface area contributed by atoms with E-state index in [-0.39, 0.29) is 12.6 Å². The van der Waals surface area contributed by atoms with Crippen LogP contribution in [-0.4, -0.2) is 29.0 Å². The van der Waals surface area contributed by atoms with Crippen LogP contribution in [0.3, 0.4) is 0 Å². The zero-order chi connectivity index (χ0) is 8.62. The molecule has 0 saturated carbocycles. The van der Waals surface area contributed by atoms with Gasteiger partial charge in [0.2, 0.25) is 0 Å². The molecule has 0 atom stereocenters. The van der Waals surface area contributed by atoms with Gasteiger partial charge in [0, 0.05) is 6.42 Å². The summed E-state index contributed by atoms with van der Waals surface area (Å²) in [6.07, 6.45) is 0.0832. The first-order chi connectivity index (χ1) is 4.56. The van der Waals surface area contributed by atoms with Gasteiger partial charge >= 0.3 is 7.60 Å². The zero-order valence-electron chi connectivity index (χ0n) is 5.27. The van der Waals surface area contributed by atoms with Crippen molar-refractivity contribution < 1.29 is 23.9 Å². The van der Waals surface area contributed by atoms with E-state index in [1.807, 2.05) is 6.79 Å². The van der Waals surface area contributed by atoms with Gasteiger partial charge in [-0.3, -0.25) is 4.57 Å². The molecule has 5 nitrogen and oxygen atoms in total. The number of carbonyl (C=O) groups excluding carboxylic acids is 2. The molecular formula is C4H9O5P. The lowest BCUT2D eigenvalue weighted by Gasteiger charge is -1.96. The molecule has 0 rings (SSSR count). The summed E-state index contributed by atoms with van der Waals surface area (Å²) < 4.78 is 9.93. The molecule has 0 heterocycles. The highest BCUT2D eigenvalue weighted by molar-refractivity contribution is 7.51. The van der Waals surface area contributed by atoms with E-state index in [4.69, 9.17) is 14.6 Å². The van der Waals surface area contributed by atoms with Gasteiger partial charge in [-0.1, -0.05) is 0 Å². The lowest BCUT2D eigenvalue weighted by Crippen LogP contribution is -1.86. The Morgan fingerprint density at radius 1 is 1.40 bits per heavy atom. The van der Waals surface area contributed by atoms with Gasteiger partial charge in [-0.05, 0) is 0 Å². The van der Waals surface area contributed by atoms with E-state index >= 15 is 0 Å². The van der Waals surface area contributed by atoms with Gasteiger partial charge < -0.3 is 19.4 Å². The van der Waals surface area contributed by atoms with Crippen LogP contribution in [0.25, 0.3) is 0 Å². The Labute approximate surface area is 58.2 Å². The van der Waals surface area contributed by atoms with Crippen molar-refractivity contribution in [3.8, 4) is 0 Å². The Bertz CT molecular complexity index is 128. The van der Waals surface area contributed by atoms with Crippen LogP contribution in [0.4, 0.5) is 0 Å². The Morgan fingerprint density at radius 2 is 1.80 bits per heavy atom. The van der Waals surface area contributed by atoms with Crippen LogP contribution in [0.5, 0.6) is 0 Å². The molecule has 0 amide bonds. The molecule has 0 radical (unpaired) electrons. The van der Waals surface area contributed by atoms with Crippen LogP contribution < -0.4 is 0 Å². The van der Waals surface area contributed by atoms with Crippen molar-refractivity contribution in [1.82, 2.24) is 0 Å². The minimum absolute atomic E-state index is 0.0652. The SMILES string of the molecule is C=O.O=CCCP(=O)(O)O. The van der Waals surface area contributed by atoms with Gasteiger partial charge in [0.25, 0.3) is 0 Å². The number of carbonyl (C=O) groups is 2. The van der Waals surface area contributed by atoms with E-state index < -0.39 is 7.60 Å². The highest BCUT2D eigenvalue weighted by atomic mass is 31.2. The summed E-state index contributed by atoms with van der Waals surface area (Å²) in [5.74, 6) is 0. The van der Waals surface area contributed by atoms with Crippen LogP contribution in [0, 0.1) is 0 Å². The quantitative estimate of drug-likeness (QED) is 0.440. The third kappa shape index (κ3) is 15.6. The molecule has 0 aromatic carbocycles. The second-order valence-corrected chi connectivity index (χ2v) is 3.12. The van der Waals surface area contributed by atoms with Crippen LogP contribution in [0.2, 0.25) is 0 Å². The van der Waals surface area contributed by atoms with Gasteiger partial charge in [-0.2, -0.15) is 0 Å². The molecule has 6 heteroatoms. The average molecular weight is 168 g/mol. The molecule has 2 N–H and O–H groups in total. The Balaban J connectivity index is 0. The predicted molar refractivity (Wildman–Crippen MR) is 34.7 cm³/mol. The number of hydrogen-bond donors (Lipinski definition) is 2. The average Bonchev–Trinajstić information content (AvgIpc) is 1.87. The van der Waals surface area contributed by atoms with E-state index in [2.05, 4.69) is 0 Å². The second-order valence-electron chi connectivity index (χ2n) is 1.34. The molecule has 0 saturated heterocycles. The van der Waals surface area contributed by atoms with Crippen LogP contribution >= 0.6 is 7.60 Å². The Kier molecular flexibility index (Phi) is 8.06.